The first-order valence-corrected chi connectivity index (χ1v) is 6.60. The highest BCUT2D eigenvalue weighted by atomic mass is 15.2. The number of anilines is 1. The van der Waals surface area contributed by atoms with E-state index in [1.165, 1.54) is 12.0 Å². The lowest BCUT2D eigenvalue weighted by molar-refractivity contribution is 0.422. The maximum atomic E-state index is 5.53. The zero-order valence-corrected chi connectivity index (χ0v) is 10.9. The van der Waals surface area contributed by atoms with Crippen LogP contribution in [0.5, 0.6) is 0 Å². The molecular weight excluding hydrogens is 210 g/mol. The van der Waals surface area contributed by atoms with Crippen molar-refractivity contribution in [3.8, 4) is 0 Å². The van der Waals surface area contributed by atoms with E-state index < -0.39 is 0 Å². The predicted octanol–water partition coefficient (Wildman–Crippen LogP) is 2.07. The Labute approximate surface area is 104 Å². The Morgan fingerprint density at radius 1 is 1.47 bits per heavy atom. The number of rotatable bonds is 4. The second kappa shape index (κ2) is 5.50. The highest BCUT2D eigenvalue weighted by Crippen LogP contribution is 2.26. The third-order valence-electron chi connectivity index (χ3n) is 3.73. The summed E-state index contributed by atoms with van der Waals surface area (Å²) in [5.74, 6) is 2.71. The molecule has 17 heavy (non-hydrogen) atoms. The highest BCUT2D eigenvalue weighted by molar-refractivity contribution is 5.40. The normalized spacial score (nSPS) is 20.2. The first kappa shape index (κ1) is 12.4. The molecule has 0 bridgehead atoms. The average Bonchev–Trinajstić information content (AvgIpc) is 2.80. The van der Waals surface area contributed by atoms with E-state index in [2.05, 4.69) is 35.9 Å². The zero-order chi connectivity index (χ0) is 12.3. The van der Waals surface area contributed by atoms with E-state index in [9.17, 15) is 0 Å². The molecule has 1 aliphatic rings. The van der Waals surface area contributed by atoms with Gasteiger partial charge in [-0.1, -0.05) is 19.9 Å². The molecule has 0 aromatic carbocycles. The summed E-state index contributed by atoms with van der Waals surface area (Å²) < 4.78 is 0. The number of nitrogens with zero attached hydrogens (tertiary/aromatic N) is 2. The Bertz CT molecular complexity index is 345. The molecule has 1 unspecified atom stereocenters. The molecule has 0 aliphatic carbocycles. The van der Waals surface area contributed by atoms with Crippen LogP contribution in [0.15, 0.2) is 18.3 Å². The third kappa shape index (κ3) is 2.97. The van der Waals surface area contributed by atoms with Crippen LogP contribution in [0.25, 0.3) is 0 Å². The van der Waals surface area contributed by atoms with Gasteiger partial charge in [0, 0.05) is 19.3 Å². The van der Waals surface area contributed by atoms with E-state index in [1.807, 2.05) is 6.20 Å². The molecule has 2 N–H and O–H groups in total. The summed E-state index contributed by atoms with van der Waals surface area (Å²) in [5.41, 5.74) is 6.77. The van der Waals surface area contributed by atoms with Crippen LogP contribution in [0, 0.1) is 11.8 Å². The molecule has 0 radical (unpaired) electrons. The van der Waals surface area contributed by atoms with Crippen LogP contribution >= 0.6 is 0 Å². The molecular formula is C14H23N3. The van der Waals surface area contributed by atoms with Gasteiger partial charge in [0.2, 0.25) is 0 Å². The summed E-state index contributed by atoms with van der Waals surface area (Å²) in [4.78, 5) is 6.94. The fraction of sp³-hybridized carbons (Fsp3) is 0.643. The van der Waals surface area contributed by atoms with E-state index in [-0.39, 0.29) is 0 Å². The molecule has 3 nitrogen and oxygen atoms in total. The van der Waals surface area contributed by atoms with Crippen molar-refractivity contribution in [2.75, 3.05) is 24.5 Å². The van der Waals surface area contributed by atoms with Gasteiger partial charge >= 0.3 is 0 Å². The quantitative estimate of drug-likeness (QED) is 0.865. The van der Waals surface area contributed by atoms with Crippen molar-refractivity contribution in [3.63, 3.8) is 0 Å². The third-order valence-corrected chi connectivity index (χ3v) is 3.73. The van der Waals surface area contributed by atoms with Gasteiger partial charge < -0.3 is 10.6 Å². The Morgan fingerprint density at radius 3 is 2.82 bits per heavy atom. The fourth-order valence-electron chi connectivity index (χ4n) is 2.46. The predicted molar refractivity (Wildman–Crippen MR) is 72.2 cm³/mol. The summed E-state index contributed by atoms with van der Waals surface area (Å²) in [6.07, 6.45) is 4.18. The van der Waals surface area contributed by atoms with E-state index in [4.69, 9.17) is 5.73 Å². The molecule has 1 aromatic rings. The minimum atomic E-state index is 0.695. The summed E-state index contributed by atoms with van der Waals surface area (Å²) in [5, 5.41) is 0. The van der Waals surface area contributed by atoms with Gasteiger partial charge in [0.25, 0.3) is 0 Å². The van der Waals surface area contributed by atoms with Gasteiger partial charge in [0.1, 0.15) is 5.82 Å². The van der Waals surface area contributed by atoms with Crippen LogP contribution in [0.4, 0.5) is 5.82 Å². The molecule has 0 saturated carbocycles. The monoisotopic (exact) mass is 233 g/mol. The fourth-order valence-corrected chi connectivity index (χ4v) is 2.46. The molecule has 2 heterocycles. The SMILES string of the molecule is CC(C)C1CCN(c2ccc(CCN)cn2)C1. The van der Waals surface area contributed by atoms with Gasteiger partial charge in [0.05, 0.1) is 0 Å². The van der Waals surface area contributed by atoms with Crippen molar-refractivity contribution in [3.05, 3.63) is 23.9 Å². The van der Waals surface area contributed by atoms with Gasteiger partial charge in [-0.25, -0.2) is 4.98 Å². The number of hydrogen-bond donors (Lipinski definition) is 1. The van der Waals surface area contributed by atoms with Crippen molar-refractivity contribution in [2.45, 2.75) is 26.7 Å². The molecule has 94 valence electrons. The van der Waals surface area contributed by atoms with Crippen LogP contribution in [0.1, 0.15) is 25.8 Å². The topological polar surface area (TPSA) is 42.1 Å². The summed E-state index contributed by atoms with van der Waals surface area (Å²) in [6, 6.07) is 4.28. The van der Waals surface area contributed by atoms with E-state index >= 15 is 0 Å². The van der Waals surface area contributed by atoms with Crippen molar-refractivity contribution in [1.82, 2.24) is 4.98 Å². The Morgan fingerprint density at radius 2 is 2.29 bits per heavy atom. The first-order chi connectivity index (χ1) is 8.20. The maximum Gasteiger partial charge on any atom is 0.128 e. The Hall–Kier alpha value is -1.09. The minimum Gasteiger partial charge on any atom is -0.356 e. The minimum absolute atomic E-state index is 0.695. The first-order valence-electron chi connectivity index (χ1n) is 6.60. The number of aromatic nitrogens is 1. The largest absolute Gasteiger partial charge is 0.356 e. The number of hydrogen-bond acceptors (Lipinski definition) is 3. The van der Waals surface area contributed by atoms with Gasteiger partial charge in [0.15, 0.2) is 0 Å². The van der Waals surface area contributed by atoms with Gasteiger partial charge in [-0.05, 0) is 42.9 Å². The molecule has 1 atom stereocenters. The highest BCUT2D eigenvalue weighted by Gasteiger charge is 2.25. The lowest BCUT2D eigenvalue weighted by Crippen LogP contribution is -2.22. The maximum absolute atomic E-state index is 5.53. The average molecular weight is 233 g/mol. The van der Waals surface area contributed by atoms with Crippen LogP contribution in [0.2, 0.25) is 0 Å². The van der Waals surface area contributed by atoms with Crippen LogP contribution in [0.3, 0.4) is 0 Å². The van der Waals surface area contributed by atoms with Crippen LogP contribution in [-0.4, -0.2) is 24.6 Å². The van der Waals surface area contributed by atoms with Crippen LogP contribution in [-0.2, 0) is 6.42 Å². The summed E-state index contributed by atoms with van der Waals surface area (Å²) >= 11 is 0. The lowest BCUT2D eigenvalue weighted by Gasteiger charge is -2.19. The van der Waals surface area contributed by atoms with Gasteiger partial charge in [-0.3, -0.25) is 0 Å². The molecule has 3 heteroatoms. The van der Waals surface area contributed by atoms with E-state index in [0.29, 0.717) is 6.54 Å². The molecule has 0 amide bonds. The molecule has 1 aromatic heterocycles. The Kier molecular flexibility index (Phi) is 4.00. The van der Waals surface area contributed by atoms with Crippen LogP contribution < -0.4 is 10.6 Å². The zero-order valence-electron chi connectivity index (χ0n) is 10.9. The second-order valence-electron chi connectivity index (χ2n) is 5.30. The molecule has 2 rings (SSSR count). The van der Waals surface area contributed by atoms with E-state index in [1.54, 1.807) is 0 Å². The summed E-state index contributed by atoms with van der Waals surface area (Å²) in [6.45, 7) is 7.62. The molecule has 1 aliphatic heterocycles. The van der Waals surface area contributed by atoms with Crippen molar-refractivity contribution in [2.24, 2.45) is 17.6 Å². The lowest BCUT2D eigenvalue weighted by atomic mass is 9.95. The van der Waals surface area contributed by atoms with Crippen molar-refractivity contribution in [1.29, 1.82) is 0 Å². The van der Waals surface area contributed by atoms with Gasteiger partial charge in [-0.2, -0.15) is 0 Å². The molecule has 0 spiro atoms. The number of pyridine rings is 1. The van der Waals surface area contributed by atoms with E-state index in [0.717, 1.165) is 37.2 Å². The molecule has 1 saturated heterocycles. The van der Waals surface area contributed by atoms with Gasteiger partial charge in [-0.15, -0.1) is 0 Å². The Balaban J connectivity index is 1.99. The standard InChI is InChI=1S/C14H23N3/c1-11(2)13-6-8-17(10-13)14-4-3-12(5-7-15)9-16-14/h3-4,9,11,13H,5-8,10,15H2,1-2H3. The second-order valence-corrected chi connectivity index (χ2v) is 5.30. The number of nitrogens with two attached hydrogens (primary N) is 1. The van der Waals surface area contributed by atoms with Crippen molar-refractivity contribution >= 4 is 5.82 Å². The molecule has 1 fully saturated rings. The van der Waals surface area contributed by atoms with Crippen molar-refractivity contribution < 1.29 is 0 Å². The smallest absolute Gasteiger partial charge is 0.128 e. The summed E-state index contributed by atoms with van der Waals surface area (Å²) in [7, 11) is 0.